The SMILES string of the molecule is CC(=O)c1cccc(NC(=O)c2ccc(-c3c(-c4ccc(F)cc4)ncn3C3CCCC3)o2)c1.CCOC(=O)c1ccc(NC(=O)c2ccc(-c3c(-c4ccc(F)cc4)ncn3C3CCCC3)o2)cc1.CSc1cccc(NC(=O)c2ccc(-c3c(-c4ccc(F)cc4)ncn3C3CCCC3)o2)c1.Cc1cc(C)c(NC(=O)c2ccc(-c3c(-c4ccc(F)cc4)ncn3C3CCCC3)o2)c(C)c1. The Morgan fingerprint density at radius 3 is 0.985 bits per heavy atom. The van der Waals surface area contributed by atoms with Crippen LogP contribution in [-0.2, 0) is 4.74 Å². The van der Waals surface area contributed by atoms with Crippen LogP contribution >= 0.6 is 11.8 Å². The van der Waals surface area contributed by atoms with E-state index in [4.69, 9.17) is 22.4 Å². The van der Waals surface area contributed by atoms with Crippen molar-refractivity contribution in [2.24, 2.45) is 0 Å². The molecular formula is C109H102F4N12O11S. The molecule has 0 saturated heterocycles. The van der Waals surface area contributed by atoms with Crippen molar-refractivity contribution in [3.05, 3.63) is 330 Å². The van der Waals surface area contributed by atoms with Gasteiger partial charge in [-0.2, -0.15) is 0 Å². The summed E-state index contributed by atoms with van der Waals surface area (Å²) >= 11 is 1.61. The summed E-state index contributed by atoms with van der Waals surface area (Å²) in [6.45, 7) is 9.52. The molecule has 0 unspecified atom stereocenters. The number of thioether (sulfide) groups is 1. The van der Waals surface area contributed by atoms with Crippen molar-refractivity contribution in [3.8, 4) is 90.8 Å². The molecular weight excluding hydrogens is 1760 g/mol. The summed E-state index contributed by atoms with van der Waals surface area (Å²) in [4.78, 5) is 94.8. The second kappa shape index (κ2) is 42.6. The number of nitrogens with one attached hydrogen (secondary N) is 4. The molecule has 0 bridgehead atoms. The van der Waals surface area contributed by atoms with Crippen molar-refractivity contribution in [1.29, 1.82) is 0 Å². The van der Waals surface area contributed by atoms with Crippen LogP contribution < -0.4 is 21.3 Å². The number of nitrogens with zero attached hydrogens (tertiary/aromatic N) is 8. The molecule has 4 N–H and O–H groups in total. The number of benzene rings is 8. The van der Waals surface area contributed by atoms with Crippen LogP contribution in [0, 0.1) is 44.0 Å². The van der Waals surface area contributed by atoms with Crippen molar-refractivity contribution in [2.75, 3.05) is 34.1 Å². The van der Waals surface area contributed by atoms with Gasteiger partial charge in [0.2, 0.25) is 0 Å². The molecule has 0 atom stereocenters. The average Bonchev–Trinajstić information content (AvgIpc) is 1.63. The topological polar surface area (TPSA) is 284 Å². The fraction of sp³-hybridized carbons (Fsp3) is 0.248. The minimum atomic E-state index is -0.416. The van der Waals surface area contributed by atoms with E-state index in [1.807, 2.05) is 88.2 Å². The first-order chi connectivity index (χ1) is 66.5. The Morgan fingerprint density at radius 2 is 0.672 bits per heavy atom. The smallest absolute Gasteiger partial charge is 0.338 e. The van der Waals surface area contributed by atoms with Gasteiger partial charge in [-0.1, -0.05) is 87.3 Å². The van der Waals surface area contributed by atoms with Gasteiger partial charge in [0.1, 0.15) is 46.0 Å². The second-order valence-corrected chi connectivity index (χ2v) is 35.5. The minimum Gasteiger partial charge on any atom is -0.462 e. The highest BCUT2D eigenvalue weighted by Crippen LogP contribution is 2.45. The molecule has 16 aromatic rings. The first-order valence-electron chi connectivity index (χ1n) is 46.1. The van der Waals surface area contributed by atoms with Crippen LogP contribution in [0.1, 0.15) is 220 Å². The summed E-state index contributed by atoms with van der Waals surface area (Å²) in [5, 5.41) is 11.5. The zero-order valence-corrected chi connectivity index (χ0v) is 77.4. The van der Waals surface area contributed by atoms with Crippen LogP contribution in [0.15, 0.2) is 278 Å². The van der Waals surface area contributed by atoms with E-state index >= 15 is 0 Å². The Kier molecular flexibility index (Phi) is 29.1. The zero-order valence-electron chi connectivity index (χ0n) is 76.6. The van der Waals surface area contributed by atoms with Crippen LogP contribution in [0.25, 0.3) is 90.8 Å². The number of carbonyl (C=O) groups is 6. The molecule has 28 heteroatoms. The molecule has 4 fully saturated rings. The molecule has 4 amide bonds. The number of Topliss-reactive ketones (excluding diaryl/α,β-unsaturated/α-hetero) is 1. The van der Waals surface area contributed by atoms with Gasteiger partial charge < -0.3 is 61.9 Å². The molecule has 8 aromatic carbocycles. The molecule has 0 spiro atoms. The Labute approximate surface area is 793 Å². The van der Waals surface area contributed by atoms with Crippen molar-refractivity contribution in [3.63, 3.8) is 0 Å². The number of amides is 4. The number of imidazole rings is 4. The molecule has 0 aliphatic heterocycles. The molecule has 8 heterocycles. The number of halogens is 4. The summed E-state index contributed by atoms with van der Waals surface area (Å²) in [6.07, 6.45) is 27.1. The van der Waals surface area contributed by atoms with Crippen LogP contribution in [0.5, 0.6) is 0 Å². The third kappa shape index (κ3) is 21.8. The first-order valence-corrected chi connectivity index (χ1v) is 47.4. The molecule has 20 rings (SSSR count). The first kappa shape index (κ1) is 93.6. The molecule has 137 heavy (non-hydrogen) atoms. The van der Waals surface area contributed by atoms with Crippen LogP contribution in [0.2, 0.25) is 0 Å². The number of anilines is 4. The Hall–Kier alpha value is -15.2. The lowest BCUT2D eigenvalue weighted by Crippen LogP contribution is -2.13. The maximum absolute atomic E-state index is 13.5. The van der Waals surface area contributed by atoms with Crippen molar-refractivity contribution in [2.45, 2.75) is 166 Å². The van der Waals surface area contributed by atoms with Crippen LogP contribution in [0.4, 0.5) is 40.3 Å². The summed E-state index contributed by atoms with van der Waals surface area (Å²) in [6, 6.07) is 65.0. The number of furan rings is 4. The van der Waals surface area contributed by atoms with E-state index in [9.17, 15) is 46.3 Å². The van der Waals surface area contributed by atoms with E-state index in [1.165, 1.54) is 81.1 Å². The maximum Gasteiger partial charge on any atom is 0.338 e. The lowest BCUT2D eigenvalue weighted by molar-refractivity contribution is 0.0525. The highest BCUT2D eigenvalue weighted by Gasteiger charge is 2.33. The van der Waals surface area contributed by atoms with E-state index in [2.05, 4.69) is 59.5 Å². The van der Waals surface area contributed by atoms with Gasteiger partial charge in [0.05, 0.1) is 60.3 Å². The zero-order chi connectivity index (χ0) is 95.3. The van der Waals surface area contributed by atoms with Crippen molar-refractivity contribution in [1.82, 2.24) is 38.2 Å². The predicted molar refractivity (Wildman–Crippen MR) is 521 cm³/mol. The van der Waals surface area contributed by atoms with Gasteiger partial charge in [-0.15, -0.1) is 11.8 Å². The third-order valence-electron chi connectivity index (χ3n) is 25.2. The Bertz CT molecular complexity index is 6980. The van der Waals surface area contributed by atoms with Gasteiger partial charge >= 0.3 is 5.97 Å². The lowest BCUT2D eigenvalue weighted by Gasteiger charge is -2.15. The number of aromatic nitrogens is 8. The van der Waals surface area contributed by atoms with Gasteiger partial charge in [0, 0.05) is 79.6 Å². The van der Waals surface area contributed by atoms with Gasteiger partial charge in [0.15, 0.2) is 51.9 Å². The normalized spacial score (nSPS) is 13.9. The molecule has 4 aliphatic carbocycles. The molecule has 698 valence electrons. The molecule has 4 aliphatic rings. The minimum absolute atomic E-state index is 0.0788. The predicted octanol–water partition coefficient (Wildman–Crippen LogP) is 27.3. The molecule has 4 saturated carbocycles. The summed E-state index contributed by atoms with van der Waals surface area (Å²) in [5.74, 6) is -0.216. The van der Waals surface area contributed by atoms with Crippen molar-refractivity contribution < 1.29 is 68.7 Å². The second-order valence-electron chi connectivity index (χ2n) is 34.6. The van der Waals surface area contributed by atoms with Gasteiger partial charge in [-0.3, -0.25) is 24.0 Å². The van der Waals surface area contributed by atoms with Crippen molar-refractivity contribution >= 4 is 69.9 Å². The van der Waals surface area contributed by atoms with E-state index in [0.29, 0.717) is 93.4 Å². The van der Waals surface area contributed by atoms with E-state index in [1.54, 1.807) is 165 Å². The number of ether oxygens (including phenoxy) is 1. The number of hydrogen-bond donors (Lipinski definition) is 4. The fourth-order valence-corrected chi connectivity index (χ4v) is 18.9. The number of esters is 1. The standard InChI is InChI=1S/C28H26FN3O4.C28H28FN3O2.C27H24FN3O3.C26H24FN3O2S/c1-2-35-28(34)19-9-13-21(14-10-19)31-27(33)24-16-15-23(36-24)26-25(18-7-11-20(29)12-8-18)30-17-32(26)22-5-3-4-6-22;1-17-14-18(2)25(19(3)15-17)31-28(33)24-13-12-23(34-24)27-26(20-8-10-21(29)11-9-20)30-16-32(27)22-6-4-5-7-22;1-17(32)19-5-4-6-21(15-19)30-27(33)24-14-13-23(34-24)26-25(18-9-11-20(28)12-10-18)29-16-31(26)22-7-2-3-8-22;1-33-21-8-4-5-19(15-21)29-26(31)23-14-13-22(32-23)25-24(17-9-11-18(27)12-10-17)28-16-30(25)20-6-2-3-7-20/h7-17,22H,2-6H2,1H3,(H,31,33);8-16,22H,4-7H2,1-3H3,(H,31,33);4-6,9-16,22H,2-3,7-8H2,1H3,(H,30,33);4-5,8-16,20H,2-3,6-7H2,1H3,(H,29,31). The summed E-state index contributed by atoms with van der Waals surface area (Å²) in [5.41, 5.74) is 15.8. The lowest BCUT2D eigenvalue weighted by atomic mass is 10.1. The van der Waals surface area contributed by atoms with Gasteiger partial charge in [0.25, 0.3) is 23.6 Å². The quantitative estimate of drug-likeness (QED) is 0.0189. The van der Waals surface area contributed by atoms with E-state index < -0.39 is 17.8 Å². The molecule has 23 nitrogen and oxygen atoms in total. The highest BCUT2D eigenvalue weighted by atomic mass is 32.2. The van der Waals surface area contributed by atoms with Crippen LogP contribution in [0.3, 0.4) is 0 Å². The number of aryl methyl sites for hydroxylation is 3. The third-order valence-corrected chi connectivity index (χ3v) is 25.9. The van der Waals surface area contributed by atoms with Crippen LogP contribution in [-0.4, -0.2) is 86.4 Å². The molecule has 8 aromatic heterocycles. The van der Waals surface area contributed by atoms with E-state index in [0.717, 1.165) is 161 Å². The highest BCUT2D eigenvalue weighted by molar-refractivity contribution is 7.98. The number of rotatable bonds is 24. The maximum atomic E-state index is 13.5. The summed E-state index contributed by atoms with van der Waals surface area (Å²) in [7, 11) is 0. The Balaban J connectivity index is 0.000000127. The number of ketones is 1. The number of carbonyl (C=O) groups excluding carboxylic acids is 6. The molecule has 0 radical (unpaired) electrons. The average molecular weight is 1860 g/mol. The largest absolute Gasteiger partial charge is 0.462 e. The monoisotopic (exact) mass is 1860 g/mol. The Morgan fingerprint density at radius 1 is 0.365 bits per heavy atom. The van der Waals surface area contributed by atoms with Gasteiger partial charge in [-0.05, 0) is 304 Å². The fourth-order valence-electron chi connectivity index (χ4n) is 18.4. The van der Waals surface area contributed by atoms with Gasteiger partial charge in [-0.25, -0.2) is 42.3 Å². The number of hydrogen-bond acceptors (Lipinski definition) is 16. The summed E-state index contributed by atoms with van der Waals surface area (Å²) < 4.78 is 91.8. The van der Waals surface area contributed by atoms with E-state index in [-0.39, 0.29) is 63.9 Å².